The van der Waals surface area contributed by atoms with Crippen LogP contribution in [0.3, 0.4) is 0 Å². The number of rotatable bonds is 11. The van der Waals surface area contributed by atoms with E-state index >= 15 is 0 Å². The highest BCUT2D eigenvalue weighted by Crippen LogP contribution is 2.60. The molecule has 6 unspecified atom stereocenters. The van der Waals surface area contributed by atoms with E-state index in [1.807, 2.05) is 0 Å². The van der Waals surface area contributed by atoms with E-state index in [9.17, 15) is 9.90 Å². The largest absolute Gasteiger partial charge is 0.481 e. The predicted octanol–water partition coefficient (Wildman–Crippen LogP) is 17.0. The van der Waals surface area contributed by atoms with Gasteiger partial charge in [-0.15, -0.1) is 0 Å². The van der Waals surface area contributed by atoms with Crippen molar-refractivity contribution in [1.82, 2.24) is 0 Å². The first kappa shape index (κ1) is 43.7. The van der Waals surface area contributed by atoms with E-state index in [2.05, 4.69) is 0 Å². The standard InChI is InChI=1S/C57H96O2/c58-56(59)57(40-43-17-13-16-42(37-43)36-41-14-5-1-6-15-41)34-32-48(33-35-57)52-38-53(49-22-11-4-12-23-49)55(51-30-26-47(27-31-51)45-20-9-3-10-21-45)54(39-52)50-28-24-46(25-29-50)44-18-7-2-8-19-44/h41-55H,1-40H2,(H,58,59). The quantitative estimate of drug-likeness (QED) is 0.226. The molecule has 0 radical (unpaired) electrons. The van der Waals surface area contributed by atoms with Gasteiger partial charge in [0.2, 0.25) is 0 Å². The first-order valence-corrected chi connectivity index (χ1v) is 28.2. The van der Waals surface area contributed by atoms with Crippen LogP contribution >= 0.6 is 0 Å². The molecule has 0 saturated heterocycles. The predicted molar refractivity (Wildman–Crippen MR) is 247 cm³/mol. The molecule has 1 N–H and O–H groups in total. The van der Waals surface area contributed by atoms with Crippen LogP contribution in [-0.2, 0) is 4.79 Å². The van der Waals surface area contributed by atoms with E-state index in [1.54, 1.807) is 77.0 Å². The Bertz CT molecular complexity index is 1240. The van der Waals surface area contributed by atoms with Crippen LogP contribution in [0.4, 0.5) is 0 Å². The summed E-state index contributed by atoms with van der Waals surface area (Å²) < 4.78 is 0. The highest BCUT2D eigenvalue weighted by Gasteiger charge is 2.52. The van der Waals surface area contributed by atoms with E-state index < -0.39 is 11.4 Å². The summed E-state index contributed by atoms with van der Waals surface area (Å²) in [6.45, 7) is 0. The number of aliphatic carboxylic acids is 1. The van der Waals surface area contributed by atoms with Gasteiger partial charge in [-0.3, -0.25) is 4.79 Å². The Morgan fingerprint density at radius 1 is 0.356 bits per heavy atom. The maximum Gasteiger partial charge on any atom is 0.309 e. The highest BCUT2D eigenvalue weighted by atomic mass is 16.4. The Hall–Kier alpha value is -0.530. The number of carboxylic acids is 1. The minimum Gasteiger partial charge on any atom is -0.481 e. The van der Waals surface area contributed by atoms with E-state index in [0.717, 1.165) is 102 Å². The van der Waals surface area contributed by atoms with Gasteiger partial charge in [0, 0.05) is 0 Å². The fraction of sp³-hybridized carbons (Fsp3) is 0.982. The second-order valence-corrected chi connectivity index (χ2v) is 24.9. The molecule has 0 aromatic heterocycles. The Balaban J connectivity index is 0.897. The highest BCUT2D eigenvalue weighted by molar-refractivity contribution is 5.74. The van der Waals surface area contributed by atoms with Gasteiger partial charge in [-0.2, -0.15) is 0 Å². The second kappa shape index (κ2) is 21.0. The summed E-state index contributed by atoms with van der Waals surface area (Å²) in [6.07, 6.45) is 57.9. The zero-order valence-corrected chi connectivity index (χ0v) is 38.8. The molecule has 6 atom stereocenters. The van der Waals surface area contributed by atoms with Crippen molar-refractivity contribution in [3.63, 3.8) is 0 Å². The average molecular weight is 813 g/mol. The Labute approximate surface area is 365 Å². The van der Waals surface area contributed by atoms with Crippen molar-refractivity contribution in [3.05, 3.63) is 0 Å². The molecule has 9 saturated carbocycles. The number of carboxylic acid groups (broad SMARTS) is 1. The second-order valence-electron chi connectivity index (χ2n) is 24.9. The van der Waals surface area contributed by atoms with E-state index in [0.29, 0.717) is 5.92 Å². The molecule has 0 amide bonds. The summed E-state index contributed by atoms with van der Waals surface area (Å²) >= 11 is 0. The van der Waals surface area contributed by atoms with Gasteiger partial charge in [0.05, 0.1) is 5.41 Å². The maximum atomic E-state index is 13.4. The molecular weight excluding hydrogens is 717 g/mol. The van der Waals surface area contributed by atoms with Crippen molar-refractivity contribution in [2.45, 2.75) is 257 Å². The van der Waals surface area contributed by atoms with Crippen molar-refractivity contribution in [2.75, 3.05) is 0 Å². The van der Waals surface area contributed by atoms with Crippen molar-refractivity contribution in [3.8, 4) is 0 Å². The normalized spacial score (nSPS) is 43.3. The summed E-state index contributed by atoms with van der Waals surface area (Å²) in [4.78, 5) is 13.4. The third-order valence-electron chi connectivity index (χ3n) is 21.9. The molecule has 9 aliphatic rings. The zero-order chi connectivity index (χ0) is 40.0. The number of hydrogen-bond donors (Lipinski definition) is 1. The molecule has 0 heterocycles. The molecule has 59 heavy (non-hydrogen) atoms. The van der Waals surface area contributed by atoms with Crippen LogP contribution in [0.15, 0.2) is 0 Å². The average Bonchev–Trinajstić information content (AvgIpc) is 3.30. The van der Waals surface area contributed by atoms with Gasteiger partial charge >= 0.3 is 5.97 Å². The van der Waals surface area contributed by atoms with Crippen LogP contribution in [0.5, 0.6) is 0 Å². The van der Waals surface area contributed by atoms with Crippen molar-refractivity contribution >= 4 is 5.97 Å². The summed E-state index contributed by atoms with van der Waals surface area (Å²) in [5.74, 6) is 13.9. The fourth-order valence-electron chi connectivity index (χ4n) is 18.8. The molecule has 2 nitrogen and oxygen atoms in total. The topological polar surface area (TPSA) is 37.3 Å². The van der Waals surface area contributed by atoms with Crippen LogP contribution in [0.25, 0.3) is 0 Å². The maximum absolute atomic E-state index is 13.4. The molecule has 2 heteroatoms. The molecule has 0 bridgehead atoms. The summed E-state index contributed by atoms with van der Waals surface area (Å²) in [5, 5.41) is 11.1. The summed E-state index contributed by atoms with van der Waals surface area (Å²) in [7, 11) is 0. The Kier molecular flexibility index (Phi) is 15.5. The van der Waals surface area contributed by atoms with Gasteiger partial charge in [-0.1, -0.05) is 148 Å². The van der Waals surface area contributed by atoms with Gasteiger partial charge in [0.15, 0.2) is 0 Å². The smallest absolute Gasteiger partial charge is 0.309 e. The molecule has 0 aromatic rings. The van der Waals surface area contributed by atoms with Crippen LogP contribution < -0.4 is 0 Å². The molecule has 9 fully saturated rings. The zero-order valence-electron chi connectivity index (χ0n) is 38.8. The first-order chi connectivity index (χ1) is 29.0. The molecule has 9 rings (SSSR count). The van der Waals surface area contributed by atoms with Crippen LogP contribution in [0, 0.1) is 94.2 Å². The lowest BCUT2D eigenvalue weighted by Crippen LogP contribution is -2.48. The van der Waals surface area contributed by atoms with Crippen molar-refractivity contribution in [1.29, 1.82) is 0 Å². The van der Waals surface area contributed by atoms with Gasteiger partial charge in [-0.25, -0.2) is 0 Å². The lowest BCUT2D eigenvalue weighted by atomic mass is 9.50. The van der Waals surface area contributed by atoms with E-state index in [1.165, 1.54) is 161 Å². The van der Waals surface area contributed by atoms with Gasteiger partial charge in [0.1, 0.15) is 0 Å². The molecule has 336 valence electrons. The third-order valence-corrected chi connectivity index (χ3v) is 21.9. The van der Waals surface area contributed by atoms with Crippen LogP contribution in [0.1, 0.15) is 257 Å². The first-order valence-electron chi connectivity index (χ1n) is 28.2. The number of hydrogen-bond acceptors (Lipinski definition) is 1. The summed E-state index contributed by atoms with van der Waals surface area (Å²) in [5.41, 5.74) is -0.429. The van der Waals surface area contributed by atoms with Crippen molar-refractivity contribution < 1.29 is 9.90 Å². The van der Waals surface area contributed by atoms with E-state index in [4.69, 9.17) is 0 Å². The minimum atomic E-state index is -0.429. The van der Waals surface area contributed by atoms with E-state index in [-0.39, 0.29) is 0 Å². The lowest BCUT2D eigenvalue weighted by molar-refractivity contribution is -0.154. The lowest BCUT2D eigenvalue weighted by Gasteiger charge is -2.55. The molecule has 0 spiro atoms. The number of carbonyl (C=O) groups is 1. The van der Waals surface area contributed by atoms with Gasteiger partial charge < -0.3 is 5.11 Å². The Morgan fingerprint density at radius 3 is 1.27 bits per heavy atom. The minimum absolute atomic E-state index is 0.412. The van der Waals surface area contributed by atoms with Crippen LogP contribution in [-0.4, -0.2) is 11.1 Å². The van der Waals surface area contributed by atoms with Crippen molar-refractivity contribution in [2.24, 2.45) is 94.2 Å². The molecule has 0 aromatic carbocycles. The van der Waals surface area contributed by atoms with Gasteiger partial charge in [-0.05, 0) is 198 Å². The Morgan fingerprint density at radius 2 is 0.746 bits per heavy atom. The summed E-state index contributed by atoms with van der Waals surface area (Å²) in [6, 6.07) is 0. The molecule has 9 aliphatic carbocycles. The monoisotopic (exact) mass is 813 g/mol. The third kappa shape index (κ3) is 10.7. The SMILES string of the molecule is O=C(O)C1(CC2CCCC(CC3CCCCC3)C2)CCC(C2CC(C3CCCCC3)C(C3CCC(C4CCCCC4)CC3)C(C3CCC(C4CCCCC4)CC3)C2)CC1. The fourth-order valence-corrected chi connectivity index (χ4v) is 18.8. The molecular formula is C57H96O2. The molecule has 0 aliphatic heterocycles. The van der Waals surface area contributed by atoms with Gasteiger partial charge in [0.25, 0.3) is 0 Å². The van der Waals surface area contributed by atoms with Crippen LogP contribution in [0.2, 0.25) is 0 Å².